The number of halogens is 3. The quantitative estimate of drug-likeness (QED) is 0.267. The van der Waals surface area contributed by atoms with Crippen molar-refractivity contribution >= 4 is 46.5 Å². The molecular formula is C31H26Cl2FN5O. The largest absolute Gasteiger partial charge is 0.338 e. The van der Waals surface area contributed by atoms with Crippen molar-refractivity contribution in [1.82, 2.24) is 14.9 Å². The summed E-state index contributed by atoms with van der Waals surface area (Å²) in [6.07, 6.45) is 3.87. The number of carbonyl (C=O) groups excluding carboxylic acids is 1. The van der Waals surface area contributed by atoms with Crippen LogP contribution >= 0.6 is 23.2 Å². The summed E-state index contributed by atoms with van der Waals surface area (Å²) in [5.74, 6) is 0.566. The zero-order valence-corrected chi connectivity index (χ0v) is 23.3. The number of nitrogens with zero attached hydrogens (tertiary/aromatic N) is 4. The highest BCUT2D eigenvalue weighted by Crippen LogP contribution is 2.35. The average molecular weight is 574 g/mol. The van der Waals surface area contributed by atoms with Crippen molar-refractivity contribution in [3.63, 3.8) is 0 Å². The molecule has 3 heterocycles. The van der Waals surface area contributed by atoms with Gasteiger partial charge in [-0.25, -0.2) is 14.4 Å². The highest BCUT2D eigenvalue weighted by molar-refractivity contribution is 6.36. The van der Waals surface area contributed by atoms with Crippen molar-refractivity contribution in [2.45, 2.75) is 26.3 Å². The molecule has 2 aliphatic heterocycles. The fraction of sp³-hybridized carbons (Fsp3) is 0.226. The first-order chi connectivity index (χ1) is 19.4. The minimum atomic E-state index is -0.464. The van der Waals surface area contributed by atoms with Crippen LogP contribution in [0.4, 0.5) is 16.0 Å². The Bertz CT molecular complexity index is 1620. The first kappa shape index (κ1) is 26.4. The van der Waals surface area contributed by atoms with Gasteiger partial charge in [0.2, 0.25) is 5.95 Å². The number of likely N-dealkylation sites (tertiary alicyclic amines) is 1. The van der Waals surface area contributed by atoms with Gasteiger partial charge < -0.3 is 10.2 Å². The van der Waals surface area contributed by atoms with Crippen LogP contribution in [0.3, 0.4) is 0 Å². The zero-order valence-electron chi connectivity index (χ0n) is 21.8. The van der Waals surface area contributed by atoms with Crippen LogP contribution in [0.15, 0.2) is 71.9 Å². The molecule has 1 aromatic heterocycles. The number of aliphatic imine (C=N–C) groups is 1. The van der Waals surface area contributed by atoms with Crippen LogP contribution in [-0.4, -0.2) is 39.6 Å². The van der Waals surface area contributed by atoms with Crippen molar-refractivity contribution in [2.24, 2.45) is 10.9 Å². The van der Waals surface area contributed by atoms with Gasteiger partial charge in [-0.15, -0.1) is 0 Å². The molecule has 2 aliphatic rings. The second-order valence-electron chi connectivity index (χ2n) is 10.0. The van der Waals surface area contributed by atoms with Gasteiger partial charge >= 0.3 is 0 Å². The number of anilines is 2. The number of hydrogen-bond donors (Lipinski definition) is 1. The van der Waals surface area contributed by atoms with E-state index < -0.39 is 5.82 Å². The second-order valence-corrected chi connectivity index (χ2v) is 10.9. The predicted molar refractivity (Wildman–Crippen MR) is 157 cm³/mol. The molecule has 1 atom stereocenters. The van der Waals surface area contributed by atoms with Crippen LogP contribution in [0, 0.1) is 11.7 Å². The van der Waals surface area contributed by atoms with Crippen molar-refractivity contribution < 1.29 is 9.18 Å². The molecule has 0 radical (unpaired) electrons. The maximum absolute atomic E-state index is 14.9. The van der Waals surface area contributed by atoms with E-state index in [1.165, 1.54) is 6.07 Å². The van der Waals surface area contributed by atoms with Gasteiger partial charge in [0, 0.05) is 52.3 Å². The normalized spacial score (nSPS) is 16.1. The Morgan fingerprint density at radius 1 is 1.10 bits per heavy atom. The lowest BCUT2D eigenvalue weighted by molar-refractivity contribution is 0.0787. The van der Waals surface area contributed by atoms with Crippen LogP contribution in [0.5, 0.6) is 0 Å². The second kappa shape index (κ2) is 11.0. The van der Waals surface area contributed by atoms with E-state index in [4.69, 9.17) is 33.2 Å². The third kappa shape index (κ3) is 5.07. The van der Waals surface area contributed by atoms with E-state index in [0.717, 1.165) is 42.7 Å². The molecule has 3 aromatic carbocycles. The molecule has 1 fully saturated rings. The Morgan fingerprint density at radius 2 is 1.93 bits per heavy atom. The standard InChI is InChI=1S/C31H26Cl2FN5O/c1-2-18-12-13-39(17-18)30(40)19-6-9-22(10-7-19)37-31-36-16-20-15-35-29(27-25(33)4-3-5-26(27)34)24-14-21(32)8-11-23(24)28(20)38-31/h3-11,14,16,18H,2,12-13,15,17H2,1H3,(H,36,37,38). The van der Waals surface area contributed by atoms with Crippen LogP contribution in [0.1, 0.15) is 46.8 Å². The number of hydrogen-bond acceptors (Lipinski definition) is 5. The Kier molecular flexibility index (Phi) is 7.26. The van der Waals surface area contributed by atoms with Crippen molar-refractivity contribution in [3.8, 4) is 11.3 Å². The fourth-order valence-electron chi connectivity index (χ4n) is 5.28. The van der Waals surface area contributed by atoms with E-state index in [2.05, 4.69) is 17.2 Å². The van der Waals surface area contributed by atoms with Gasteiger partial charge in [-0.3, -0.25) is 9.79 Å². The minimum absolute atomic E-state index is 0.0600. The Labute approximate surface area is 241 Å². The molecule has 1 amide bonds. The van der Waals surface area contributed by atoms with Gasteiger partial charge in [0.15, 0.2) is 0 Å². The van der Waals surface area contributed by atoms with Crippen LogP contribution < -0.4 is 5.32 Å². The Hall–Kier alpha value is -3.81. The third-order valence-electron chi connectivity index (χ3n) is 7.50. The van der Waals surface area contributed by atoms with E-state index in [0.29, 0.717) is 39.4 Å². The van der Waals surface area contributed by atoms with Crippen LogP contribution in [0.2, 0.25) is 10.0 Å². The summed E-state index contributed by atoms with van der Waals surface area (Å²) in [6, 6.07) is 17.3. The predicted octanol–water partition coefficient (Wildman–Crippen LogP) is 7.56. The molecule has 1 saturated heterocycles. The van der Waals surface area contributed by atoms with Gasteiger partial charge in [0.1, 0.15) is 5.82 Å². The van der Waals surface area contributed by atoms with E-state index in [1.807, 2.05) is 35.2 Å². The molecule has 9 heteroatoms. The van der Waals surface area contributed by atoms with Crippen molar-refractivity contribution in [1.29, 1.82) is 0 Å². The summed E-state index contributed by atoms with van der Waals surface area (Å²) in [5.41, 5.74) is 4.89. The summed E-state index contributed by atoms with van der Waals surface area (Å²) >= 11 is 12.8. The number of carbonyl (C=O) groups is 1. The molecule has 4 aromatic rings. The lowest BCUT2D eigenvalue weighted by atomic mass is 9.95. The van der Waals surface area contributed by atoms with Crippen molar-refractivity contribution in [3.05, 3.63) is 105 Å². The first-order valence-electron chi connectivity index (χ1n) is 13.2. The number of fused-ring (bicyclic) bond motifs is 3. The molecule has 0 aliphatic carbocycles. The summed E-state index contributed by atoms with van der Waals surface area (Å²) in [4.78, 5) is 28.9. The molecule has 1 N–H and O–H groups in total. The number of nitrogens with one attached hydrogen (secondary N) is 1. The third-order valence-corrected chi connectivity index (χ3v) is 8.05. The van der Waals surface area contributed by atoms with Crippen LogP contribution in [-0.2, 0) is 6.54 Å². The Balaban J connectivity index is 1.29. The minimum Gasteiger partial charge on any atom is -0.338 e. The lowest BCUT2D eigenvalue weighted by Gasteiger charge is -2.16. The molecule has 6 rings (SSSR count). The van der Waals surface area contributed by atoms with E-state index in [-0.39, 0.29) is 23.0 Å². The smallest absolute Gasteiger partial charge is 0.253 e. The molecule has 0 saturated carbocycles. The molecule has 202 valence electrons. The molecule has 0 bridgehead atoms. The van der Waals surface area contributed by atoms with Gasteiger partial charge in [0.05, 0.1) is 28.5 Å². The average Bonchev–Trinajstić information content (AvgIpc) is 3.39. The first-order valence-corrected chi connectivity index (χ1v) is 14.0. The lowest BCUT2D eigenvalue weighted by Crippen LogP contribution is -2.28. The highest BCUT2D eigenvalue weighted by atomic mass is 35.5. The van der Waals surface area contributed by atoms with Gasteiger partial charge in [0.25, 0.3) is 5.91 Å². The molecule has 6 nitrogen and oxygen atoms in total. The van der Waals surface area contributed by atoms with Gasteiger partial charge in [-0.1, -0.05) is 48.7 Å². The number of aromatic nitrogens is 2. The summed E-state index contributed by atoms with van der Waals surface area (Å²) < 4.78 is 14.9. The van der Waals surface area contributed by atoms with Gasteiger partial charge in [-0.05, 0) is 60.9 Å². The summed E-state index contributed by atoms with van der Waals surface area (Å²) in [7, 11) is 0. The summed E-state index contributed by atoms with van der Waals surface area (Å²) in [5, 5.41) is 3.99. The zero-order chi connectivity index (χ0) is 27.8. The fourth-order valence-corrected chi connectivity index (χ4v) is 5.70. The number of amides is 1. The van der Waals surface area contributed by atoms with E-state index in [9.17, 15) is 9.18 Å². The highest BCUT2D eigenvalue weighted by Gasteiger charge is 2.26. The van der Waals surface area contributed by atoms with Crippen LogP contribution in [0.25, 0.3) is 11.3 Å². The maximum Gasteiger partial charge on any atom is 0.253 e. The van der Waals surface area contributed by atoms with E-state index in [1.54, 1.807) is 30.5 Å². The number of rotatable bonds is 5. The molecule has 0 spiro atoms. The Morgan fingerprint density at radius 3 is 2.67 bits per heavy atom. The molecular weight excluding hydrogens is 548 g/mol. The molecule has 1 unspecified atom stereocenters. The summed E-state index contributed by atoms with van der Waals surface area (Å²) in [6.45, 7) is 4.04. The molecule has 40 heavy (non-hydrogen) atoms. The number of benzene rings is 3. The maximum atomic E-state index is 14.9. The van der Waals surface area contributed by atoms with E-state index >= 15 is 0 Å². The monoisotopic (exact) mass is 573 g/mol. The van der Waals surface area contributed by atoms with Gasteiger partial charge in [-0.2, -0.15) is 0 Å². The topological polar surface area (TPSA) is 70.5 Å². The SMILES string of the molecule is CCC1CCN(C(=O)c2ccc(Nc3ncc4c(n3)-c3ccc(Cl)cc3C(c3c(F)cccc3Cl)=NC4)cc2)C1. The van der Waals surface area contributed by atoms with Crippen molar-refractivity contribution in [2.75, 3.05) is 18.4 Å².